The van der Waals surface area contributed by atoms with Gasteiger partial charge in [-0.1, -0.05) is 33.8 Å². The van der Waals surface area contributed by atoms with Crippen LogP contribution in [0.2, 0.25) is 0 Å². The first-order valence-electron chi connectivity index (χ1n) is 5.27. The Kier molecular flexibility index (Phi) is 6.26. The Balaban J connectivity index is 4.17. The lowest BCUT2D eigenvalue weighted by atomic mass is 10.0. The van der Waals surface area contributed by atoms with E-state index in [1.165, 1.54) is 6.92 Å². The molecule has 1 atom stereocenters. The Morgan fingerprint density at radius 3 is 2.14 bits per heavy atom. The summed E-state index contributed by atoms with van der Waals surface area (Å²) in [5.41, 5.74) is 0. The van der Waals surface area contributed by atoms with Crippen molar-refractivity contribution in [1.29, 1.82) is 0 Å². The van der Waals surface area contributed by atoms with E-state index >= 15 is 0 Å². The van der Waals surface area contributed by atoms with Crippen LogP contribution in [0.25, 0.3) is 0 Å². The normalized spacial score (nSPS) is 13.9. The molecule has 14 heavy (non-hydrogen) atoms. The summed E-state index contributed by atoms with van der Waals surface area (Å²) in [5, 5.41) is 0. The second-order valence-electron chi connectivity index (χ2n) is 4.41. The van der Waals surface area contributed by atoms with Gasteiger partial charge in [0.25, 0.3) is 0 Å². The molecule has 0 aliphatic rings. The van der Waals surface area contributed by atoms with E-state index in [2.05, 4.69) is 33.8 Å². The first-order valence-corrected chi connectivity index (χ1v) is 5.27. The SMILES string of the molecule is CC(=O)OC(C=CC(C)C)CC(C)C. The van der Waals surface area contributed by atoms with Crippen LogP contribution >= 0.6 is 0 Å². The van der Waals surface area contributed by atoms with E-state index in [9.17, 15) is 4.79 Å². The summed E-state index contributed by atoms with van der Waals surface area (Å²) in [5.74, 6) is 0.834. The Morgan fingerprint density at radius 1 is 1.21 bits per heavy atom. The molecule has 0 rings (SSSR count). The fraction of sp³-hybridized carbons (Fsp3) is 0.750. The van der Waals surface area contributed by atoms with Gasteiger partial charge in [-0.15, -0.1) is 0 Å². The lowest BCUT2D eigenvalue weighted by Gasteiger charge is -2.15. The Hall–Kier alpha value is -0.790. The van der Waals surface area contributed by atoms with Gasteiger partial charge in [0.2, 0.25) is 0 Å². The van der Waals surface area contributed by atoms with Crippen LogP contribution in [0.15, 0.2) is 12.2 Å². The van der Waals surface area contributed by atoms with Gasteiger partial charge in [-0.2, -0.15) is 0 Å². The van der Waals surface area contributed by atoms with Crippen LogP contribution in [0.5, 0.6) is 0 Å². The average molecular weight is 198 g/mol. The van der Waals surface area contributed by atoms with E-state index < -0.39 is 0 Å². The quantitative estimate of drug-likeness (QED) is 0.501. The number of esters is 1. The number of allylic oxidation sites excluding steroid dienone is 1. The molecule has 0 N–H and O–H groups in total. The molecular weight excluding hydrogens is 176 g/mol. The van der Waals surface area contributed by atoms with Crippen molar-refractivity contribution in [2.45, 2.75) is 47.1 Å². The predicted molar refractivity (Wildman–Crippen MR) is 59.0 cm³/mol. The van der Waals surface area contributed by atoms with Crippen molar-refractivity contribution in [2.24, 2.45) is 11.8 Å². The average Bonchev–Trinajstić information content (AvgIpc) is 1.97. The molecule has 1 unspecified atom stereocenters. The number of carbonyl (C=O) groups is 1. The van der Waals surface area contributed by atoms with Crippen molar-refractivity contribution < 1.29 is 9.53 Å². The summed E-state index contributed by atoms with van der Waals surface area (Å²) in [7, 11) is 0. The number of rotatable bonds is 5. The molecule has 0 aromatic rings. The fourth-order valence-electron chi connectivity index (χ4n) is 1.19. The molecule has 2 heteroatoms. The van der Waals surface area contributed by atoms with Crippen LogP contribution in [0.3, 0.4) is 0 Å². The monoisotopic (exact) mass is 198 g/mol. The molecule has 0 heterocycles. The number of ether oxygens (including phenoxy) is 1. The number of hydrogen-bond acceptors (Lipinski definition) is 2. The minimum Gasteiger partial charge on any atom is -0.458 e. The van der Waals surface area contributed by atoms with E-state index in [4.69, 9.17) is 4.74 Å². The van der Waals surface area contributed by atoms with Crippen molar-refractivity contribution >= 4 is 5.97 Å². The summed E-state index contributed by atoms with van der Waals surface area (Å²) in [4.78, 5) is 10.8. The van der Waals surface area contributed by atoms with Gasteiger partial charge in [0.15, 0.2) is 0 Å². The summed E-state index contributed by atoms with van der Waals surface area (Å²) in [6, 6.07) is 0. The molecule has 0 bridgehead atoms. The molecule has 0 aromatic carbocycles. The molecule has 0 saturated carbocycles. The third kappa shape index (κ3) is 7.84. The summed E-state index contributed by atoms with van der Waals surface area (Å²) >= 11 is 0. The smallest absolute Gasteiger partial charge is 0.303 e. The highest BCUT2D eigenvalue weighted by atomic mass is 16.5. The van der Waals surface area contributed by atoms with Crippen molar-refractivity contribution in [3.8, 4) is 0 Å². The highest BCUT2D eigenvalue weighted by Crippen LogP contribution is 2.11. The minimum absolute atomic E-state index is 0.0603. The van der Waals surface area contributed by atoms with E-state index in [0.717, 1.165) is 6.42 Å². The molecule has 82 valence electrons. The van der Waals surface area contributed by atoms with Gasteiger partial charge in [-0.3, -0.25) is 4.79 Å². The van der Waals surface area contributed by atoms with Crippen LogP contribution < -0.4 is 0 Å². The lowest BCUT2D eigenvalue weighted by Crippen LogP contribution is -2.16. The zero-order chi connectivity index (χ0) is 11.1. The van der Waals surface area contributed by atoms with Gasteiger partial charge >= 0.3 is 5.97 Å². The molecule has 0 saturated heterocycles. The zero-order valence-corrected chi connectivity index (χ0v) is 9.91. The molecule has 0 aliphatic carbocycles. The van der Waals surface area contributed by atoms with Crippen molar-refractivity contribution in [3.05, 3.63) is 12.2 Å². The van der Waals surface area contributed by atoms with Crippen LogP contribution in [0.4, 0.5) is 0 Å². The topological polar surface area (TPSA) is 26.3 Å². The van der Waals surface area contributed by atoms with E-state index in [1.54, 1.807) is 0 Å². The van der Waals surface area contributed by atoms with Crippen LogP contribution in [0, 0.1) is 11.8 Å². The van der Waals surface area contributed by atoms with Gasteiger partial charge < -0.3 is 4.74 Å². The van der Waals surface area contributed by atoms with Gasteiger partial charge in [-0.05, 0) is 24.3 Å². The Bertz CT molecular complexity index is 192. The summed E-state index contributed by atoms with van der Waals surface area (Å²) in [6.45, 7) is 9.92. The fourth-order valence-corrected chi connectivity index (χ4v) is 1.19. The maximum Gasteiger partial charge on any atom is 0.303 e. The molecule has 0 radical (unpaired) electrons. The summed E-state index contributed by atoms with van der Waals surface area (Å²) < 4.78 is 5.19. The maximum atomic E-state index is 10.8. The van der Waals surface area contributed by atoms with E-state index in [1.807, 2.05) is 6.08 Å². The molecular formula is C12H22O2. The Morgan fingerprint density at radius 2 is 1.79 bits per heavy atom. The molecule has 0 amide bonds. The summed E-state index contributed by atoms with van der Waals surface area (Å²) in [6.07, 6.45) is 4.90. The van der Waals surface area contributed by atoms with Gasteiger partial charge in [0, 0.05) is 6.92 Å². The second-order valence-corrected chi connectivity index (χ2v) is 4.41. The highest BCUT2D eigenvalue weighted by molar-refractivity contribution is 5.66. The van der Waals surface area contributed by atoms with Gasteiger partial charge in [0.1, 0.15) is 6.10 Å². The van der Waals surface area contributed by atoms with Crippen molar-refractivity contribution in [1.82, 2.24) is 0 Å². The zero-order valence-electron chi connectivity index (χ0n) is 9.91. The Labute approximate surface area is 87.3 Å². The van der Waals surface area contributed by atoms with Crippen LogP contribution in [0.1, 0.15) is 41.0 Å². The maximum absolute atomic E-state index is 10.8. The van der Waals surface area contributed by atoms with Crippen molar-refractivity contribution in [3.63, 3.8) is 0 Å². The first-order chi connectivity index (χ1) is 6.41. The largest absolute Gasteiger partial charge is 0.458 e. The molecule has 0 aromatic heterocycles. The lowest BCUT2D eigenvalue weighted by molar-refractivity contribution is -0.144. The standard InChI is InChI=1S/C12H22O2/c1-9(2)6-7-12(8-10(3)4)14-11(5)13/h6-7,9-10,12H,8H2,1-5H3. The van der Waals surface area contributed by atoms with Gasteiger partial charge in [-0.25, -0.2) is 0 Å². The highest BCUT2D eigenvalue weighted by Gasteiger charge is 2.10. The molecule has 2 nitrogen and oxygen atoms in total. The van der Waals surface area contributed by atoms with Crippen molar-refractivity contribution in [2.75, 3.05) is 0 Å². The predicted octanol–water partition coefficient (Wildman–Crippen LogP) is 3.18. The third-order valence-electron chi connectivity index (χ3n) is 1.73. The van der Waals surface area contributed by atoms with Crippen LogP contribution in [-0.4, -0.2) is 12.1 Å². The second kappa shape index (κ2) is 6.63. The number of hydrogen-bond donors (Lipinski definition) is 0. The van der Waals surface area contributed by atoms with Gasteiger partial charge in [0.05, 0.1) is 0 Å². The van der Waals surface area contributed by atoms with Crippen LogP contribution in [-0.2, 0) is 9.53 Å². The first kappa shape index (κ1) is 13.2. The molecule has 0 aliphatic heterocycles. The minimum atomic E-state index is -0.205. The van der Waals surface area contributed by atoms with E-state index in [0.29, 0.717) is 11.8 Å². The van der Waals surface area contributed by atoms with E-state index in [-0.39, 0.29) is 12.1 Å². The third-order valence-corrected chi connectivity index (χ3v) is 1.73. The number of carbonyl (C=O) groups excluding carboxylic acids is 1. The molecule has 0 fully saturated rings. The molecule has 0 spiro atoms.